The van der Waals surface area contributed by atoms with Crippen LogP contribution in [-0.2, 0) is 4.79 Å². The molecule has 0 saturated heterocycles. The molecule has 0 fully saturated rings. The summed E-state index contributed by atoms with van der Waals surface area (Å²) in [5.74, 6) is -1.02. The SMILES string of the molecule is CC(C)(C)Sc1cc2c(cc1Br)C(=O)C(=O)N2. The third-order valence-corrected chi connectivity index (χ3v) is 4.28. The normalized spacial score (nSPS) is 14.8. The van der Waals surface area contributed by atoms with Crippen LogP contribution >= 0.6 is 27.7 Å². The molecule has 2 rings (SSSR count). The molecule has 1 heterocycles. The molecular formula is C12H12BrNO2S. The van der Waals surface area contributed by atoms with Crippen LogP contribution in [0.4, 0.5) is 5.69 Å². The number of benzene rings is 1. The first-order chi connectivity index (χ1) is 7.78. The highest BCUT2D eigenvalue weighted by molar-refractivity contribution is 9.10. The Morgan fingerprint density at radius 2 is 1.88 bits per heavy atom. The number of rotatable bonds is 1. The molecule has 1 aromatic rings. The van der Waals surface area contributed by atoms with Crippen LogP contribution in [-0.4, -0.2) is 16.4 Å². The first-order valence-electron chi connectivity index (χ1n) is 5.16. The van der Waals surface area contributed by atoms with Gasteiger partial charge in [0.2, 0.25) is 0 Å². The molecule has 17 heavy (non-hydrogen) atoms. The van der Waals surface area contributed by atoms with Gasteiger partial charge in [-0.05, 0) is 28.1 Å². The van der Waals surface area contributed by atoms with Gasteiger partial charge >= 0.3 is 0 Å². The lowest BCUT2D eigenvalue weighted by atomic mass is 10.1. The van der Waals surface area contributed by atoms with Crippen LogP contribution in [0.25, 0.3) is 0 Å². The Hall–Kier alpha value is -0.810. The van der Waals surface area contributed by atoms with Gasteiger partial charge in [-0.2, -0.15) is 0 Å². The van der Waals surface area contributed by atoms with E-state index in [0.717, 1.165) is 9.37 Å². The molecule has 1 aliphatic rings. The average molecular weight is 314 g/mol. The number of anilines is 1. The minimum atomic E-state index is -0.551. The summed E-state index contributed by atoms with van der Waals surface area (Å²) in [4.78, 5) is 23.8. The van der Waals surface area contributed by atoms with E-state index in [1.807, 2.05) is 6.07 Å². The molecule has 5 heteroatoms. The molecule has 0 spiro atoms. The van der Waals surface area contributed by atoms with E-state index in [9.17, 15) is 9.59 Å². The van der Waals surface area contributed by atoms with Crippen molar-refractivity contribution in [1.29, 1.82) is 0 Å². The largest absolute Gasteiger partial charge is 0.318 e. The maximum atomic E-state index is 11.5. The molecule has 1 amide bonds. The number of carbonyl (C=O) groups is 2. The number of hydrogen-bond donors (Lipinski definition) is 1. The molecule has 0 unspecified atom stereocenters. The lowest BCUT2D eigenvalue weighted by Gasteiger charge is -2.19. The average Bonchev–Trinajstić information content (AvgIpc) is 2.43. The van der Waals surface area contributed by atoms with E-state index in [2.05, 4.69) is 42.0 Å². The summed E-state index contributed by atoms with van der Waals surface area (Å²) in [5, 5.41) is 2.58. The minimum absolute atomic E-state index is 0.0728. The molecule has 0 radical (unpaired) electrons. The van der Waals surface area contributed by atoms with Crippen molar-refractivity contribution in [2.24, 2.45) is 0 Å². The van der Waals surface area contributed by atoms with Gasteiger partial charge in [-0.15, -0.1) is 11.8 Å². The van der Waals surface area contributed by atoms with E-state index in [-0.39, 0.29) is 4.75 Å². The Kier molecular flexibility index (Phi) is 3.08. The van der Waals surface area contributed by atoms with E-state index < -0.39 is 11.7 Å². The zero-order chi connectivity index (χ0) is 12.8. The summed E-state index contributed by atoms with van der Waals surface area (Å²) in [6, 6.07) is 3.56. The highest BCUT2D eigenvalue weighted by Crippen LogP contribution is 2.40. The molecule has 90 valence electrons. The van der Waals surface area contributed by atoms with Gasteiger partial charge in [0.1, 0.15) is 0 Å². The summed E-state index contributed by atoms with van der Waals surface area (Å²) in [6.07, 6.45) is 0. The Morgan fingerprint density at radius 3 is 2.47 bits per heavy atom. The van der Waals surface area contributed by atoms with Gasteiger partial charge in [-0.25, -0.2) is 0 Å². The van der Waals surface area contributed by atoms with Crippen molar-refractivity contribution < 1.29 is 9.59 Å². The third-order valence-electron chi connectivity index (χ3n) is 2.19. The first-order valence-corrected chi connectivity index (χ1v) is 6.77. The van der Waals surface area contributed by atoms with Crippen molar-refractivity contribution in [3.63, 3.8) is 0 Å². The molecule has 1 aromatic carbocycles. The number of halogens is 1. The Bertz CT molecular complexity index is 520. The molecule has 1 aliphatic heterocycles. The second-order valence-corrected chi connectivity index (χ2v) is 7.55. The molecule has 3 nitrogen and oxygen atoms in total. The van der Waals surface area contributed by atoms with Gasteiger partial charge in [-0.3, -0.25) is 9.59 Å². The first kappa shape index (κ1) is 12.6. The summed E-state index contributed by atoms with van der Waals surface area (Å²) in [5.41, 5.74) is 1.05. The summed E-state index contributed by atoms with van der Waals surface area (Å²) < 4.78 is 0.921. The fourth-order valence-corrected chi connectivity index (χ4v) is 3.13. The molecule has 0 saturated carbocycles. The number of fused-ring (bicyclic) bond motifs is 1. The fraction of sp³-hybridized carbons (Fsp3) is 0.333. The zero-order valence-electron chi connectivity index (χ0n) is 9.76. The van der Waals surface area contributed by atoms with Crippen molar-refractivity contribution >= 4 is 45.1 Å². The van der Waals surface area contributed by atoms with E-state index in [1.165, 1.54) is 0 Å². The molecule has 0 bridgehead atoms. The minimum Gasteiger partial charge on any atom is -0.318 e. The molecule has 1 N–H and O–H groups in total. The second-order valence-electron chi connectivity index (χ2n) is 4.83. The van der Waals surface area contributed by atoms with Gasteiger partial charge in [0.05, 0.1) is 11.3 Å². The van der Waals surface area contributed by atoms with Gasteiger partial charge in [0.15, 0.2) is 0 Å². The standard InChI is InChI=1S/C12H12BrNO2S/c1-12(2,3)17-9-5-8-6(4-7(9)13)10(15)11(16)14-8/h4-5H,1-3H3,(H,14,15,16). The Balaban J connectivity index is 2.44. The van der Waals surface area contributed by atoms with Crippen LogP contribution in [0.1, 0.15) is 31.1 Å². The van der Waals surface area contributed by atoms with Crippen LogP contribution < -0.4 is 5.32 Å². The molecule has 0 atom stereocenters. The van der Waals surface area contributed by atoms with Crippen molar-refractivity contribution in [2.45, 2.75) is 30.4 Å². The summed E-state index contributed by atoms with van der Waals surface area (Å²) >= 11 is 5.12. The van der Waals surface area contributed by atoms with Crippen molar-refractivity contribution in [3.8, 4) is 0 Å². The van der Waals surface area contributed by atoms with Crippen molar-refractivity contribution in [2.75, 3.05) is 5.32 Å². The number of ketones is 1. The van der Waals surface area contributed by atoms with Gasteiger partial charge in [0, 0.05) is 14.1 Å². The van der Waals surface area contributed by atoms with Crippen LogP contribution in [0.15, 0.2) is 21.5 Å². The number of nitrogens with one attached hydrogen (secondary N) is 1. The Morgan fingerprint density at radius 1 is 1.24 bits per heavy atom. The van der Waals surface area contributed by atoms with Crippen LogP contribution in [0, 0.1) is 0 Å². The number of amides is 1. The molecule has 0 aromatic heterocycles. The summed E-state index contributed by atoms with van der Waals surface area (Å²) in [6.45, 7) is 6.34. The van der Waals surface area contributed by atoms with E-state index >= 15 is 0 Å². The number of carbonyl (C=O) groups excluding carboxylic acids is 2. The van der Waals surface area contributed by atoms with Crippen LogP contribution in [0.3, 0.4) is 0 Å². The van der Waals surface area contributed by atoms with E-state index in [0.29, 0.717) is 11.3 Å². The second kappa shape index (κ2) is 4.14. The monoisotopic (exact) mass is 313 g/mol. The smallest absolute Gasteiger partial charge is 0.296 e. The zero-order valence-corrected chi connectivity index (χ0v) is 12.2. The van der Waals surface area contributed by atoms with Crippen molar-refractivity contribution in [1.82, 2.24) is 0 Å². The molecule has 0 aliphatic carbocycles. The Labute approximate surface area is 112 Å². The topological polar surface area (TPSA) is 46.2 Å². The van der Waals surface area contributed by atoms with E-state index in [1.54, 1.807) is 17.8 Å². The molecular weight excluding hydrogens is 302 g/mol. The highest BCUT2D eigenvalue weighted by atomic mass is 79.9. The fourth-order valence-electron chi connectivity index (χ4n) is 1.55. The maximum Gasteiger partial charge on any atom is 0.296 e. The number of Topliss-reactive ketones (excluding diaryl/α,β-unsaturated/α-hetero) is 1. The lowest BCUT2D eigenvalue weighted by Crippen LogP contribution is -2.12. The summed E-state index contributed by atoms with van der Waals surface area (Å²) in [7, 11) is 0. The predicted octanol–water partition coefficient (Wildman–Crippen LogP) is 3.47. The number of thioether (sulfide) groups is 1. The quantitative estimate of drug-likeness (QED) is 0.638. The third kappa shape index (κ3) is 2.55. The highest BCUT2D eigenvalue weighted by Gasteiger charge is 2.29. The van der Waals surface area contributed by atoms with Crippen LogP contribution in [0.5, 0.6) is 0 Å². The lowest BCUT2D eigenvalue weighted by molar-refractivity contribution is -0.112. The van der Waals surface area contributed by atoms with Gasteiger partial charge in [0.25, 0.3) is 11.7 Å². The van der Waals surface area contributed by atoms with Gasteiger partial charge < -0.3 is 5.32 Å². The van der Waals surface area contributed by atoms with Crippen LogP contribution in [0.2, 0.25) is 0 Å². The number of hydrogen-bond acceptors (Lipinski definition) is 3. The van der Waals surface area contributed by atoms with Gasteiger partial charge in [-0.1, -0.05) is 20.8 Å². The predicted molar refractivity (Wildman–Crippen MR) is 72.7 cm³/mol. The van der Waals surface area contributed by atoms with Crippen molar-refractivity contribution in [3.05, 3.63) is 22.2 Å². The van der Waals surface area contributed by atoms with E-state index in [4.69, 9.17) is 0 Å². The maximum absolute atomic E-state index is 11.5.